The molecule has 2 heterocycles. The van der Waals surface area contributed by atoms with Gasteiger partial charge in [0.05, 0.1) is 5.75 Å². The third-order valence-electron chi connectivity index (χ3n) is 4.07. The molecule has 0 radical (unpaired) electrons. The maximum absolute atomic E-state index is 11.7. The van der Waals surface area contributed by atoms with Crippen molar-refractivity contribution in [2.75, 3.05) is 12.3 Å². The molecule has 132 valence electrons. The molecule has 2 aromatic rings. The van der Waals surface area contributed by atoms with Crippen LogP contribution >= 0.6 is 11.6 Å². The maximum atomic E-state index is 11.7. The molecule has 26 heavy (non-hydrogen) atoms. The Hall–Kier alpha value is -2.57. The lowest BCUT2D eigenvalue weighted by Gasteiger charge is -2.31. The number of sulfonamides is 1. The molecule has 0 N–H and O–H groups in total. The van der Waals surface area contributed by atoms with Crippen LogP contribution in [-0.4, -0.2) is 31.5 Å². The normalized spacial score (nSPS) is 18.0. The summed E-state index contributed by atoms with van der Waals surface area (Å²) in [6.07, 6.45) is 5.47. The van der Waals surface area contributed by atoms with Gasteiger partial charge < -0.3 is 9.64 Å². The molecule has 7 heteroatoms. The molecule has 0 unspecified atom stereocenters. The van der Waals surface area contributed by atoms with E-state index in [1.807, 2.05) is 53.5 Å². The van der Waals surface area contributed by atoms with Crippen molar-refractivity contribution in [2.24, 2.45) is 4.40 Å². The zero-order chi connectivity index (χ0) is 18.1. The number of rotatable bonds is 3. The van der Waals surface area contributed by atoms with Crippen LogP contribution in [0.4, 0.5) is 0 Å². The van der Waals surface area contributed by atoms with Crippen LogP contribution in [0.5, 0.6) is 11.5 Å². The number of halogens is 1. The fraction of sp³-hybridized carbons (Fsp3) is 0.105. The molecule has 0 aliphatic carbocycles. The van der Waals surface area contributed by atoms with Crippen molar-refractivity contribution in [2.45, 2.75) is 0 Å². The molecule has 2 aliphatic heterocycles. The minimum absolute atomic E-state index is 0.0133. The zero-order valence-corrected chi connectivity index (χ0v) is 15.2. The molecule has 5 nitrogen and oxygen atoms in total. The zero-order valence-electron chi connectivity index (χ0n) is 13.7. The van der Waals surface area contributed by atoms with Crippen LogP contribution in [0.3, 0.4) is 0 Å². The lowest BCUT2D eigenvalue weighted by molar-refractivity contribution is 0.482. The first kappa shape index (κ1) is 16.9. The SMILES string of the molecule is O=S1(=O)CCN2C(c3ccc(Oc4ccc(Cl)cc4)cc3)=CC=CC2=N1. The number of nitrogens with zero attached hydrogens (tertiary/aromatic N) is 2. The lowest BCUT2D eigenvalue weighted by atomic mass is 10.1. The summed E-state index contributed by atoms with van der Waals surface area (Å²) < 4.78 is 33.0. The second-order valence-corrected chi connectivity index (χ2v) is 8.07. The second-order valence-electron chi connectivity index (χ2n) is 5.88. The van der Waals surface area contributed by atoms with Crippen LogP contribution in [0.25, 0.3) is 5.70 Å². The Morgan fingerprint density at radius 3 is 2.35 bits per heavy atom. The van der Waals surface area contributed by atoms with Gasteiger partial charge in [-0.3, -0.25) is 0 Å². The van der Waals surface area contributed by atoms with E-state index in [1.54, 1.807) is 18.2 Å². The summed E-state index contributed by atoms with van der Waals surface area (Å²) in [7, 11) is -3.36. The summed E-state index contributed by atoms with van der Waals surface area (Å²) in [5.41, 5.74) is 1.88. The van der Waals surface area contributed by atoms with Crippen molar-refractivity contribution in [1.82, 2.24) is 4.90 Å². The number of fused-ring (bicyclic) bond motifs is 1. The smallest absolute Gasteiger partial charge is 0.256 e. The largest absolute Gasteiger partial charge is 0.457 e. The van der Waals surface area contributed by atoms with Gasteiger partial charge in [0.15, 0.2) is 0 Å². The molecule has 0 fully saturated rings. The highest BCUT2D eigenvalue weighted by atomic mass is 35.5. The summed E-state index contributed by atoms with van der Waals surface area (Å²) in [4.78, 5) is 1.91. The van der Waals surface area contributed by atoms with E-state index in [1.165, 1.54) is 0 Å². The third-order valence-corrected chi connectivity index (χ3v) is 5.49. The number of ether oxygens (including phenoxy) is 1. The van der Waals surface area contributed by atoms with E-state index in [2.05, 4.69) is 4.40 Å². The molecule has 0 atom stereocenters. The van der Waals surface area contributed by atoms with Gasteiger partial charge in [-0.15, -0.1) is 4.40 Å². The van der Waals surface area contributed by atoms with Crippen molar-refractivity contribution in [1.29, 1.82) is 0 Å². The van der Waals surface area contributed by atoms with Crippen molar-refractivity contribution in [3.63, 3.8) is 0 Å². The van der Waals surface area contributed by atoms with Crippen LogP contribution in [0.1, 0.15) is 5.56 Å². The van der Waals surface area contributed by atoms with Crippen molar-refractivity contribution in [3.8, 4) is 11.5 Å². The molecule has 0 bridgehead atoms. The van der Waals surface area contributed by atoms with Crippen LogP contribution in [0, 0.1) is 0 Å². The van der Waals surface area contributed by atoms with E-state index < -0.39 is 10.0 Å². The Bertz CT molecular complexity index is 1020. The third kappa shape index (κ3) is 3.52. The first-order valence-corrected chi connectivity index (χ1v) is 10.0. The quantitative estimate of drug-likeness (QED) is 0.797. The van der Waals surface area contributed by atoms with E-state index in [4.69, 9.17) is 16.3 Å². The van der Waals surface area contributed by atoms with Crippen molar-refractivity contribution < 1.29 is 13.2 Å². The van der Waals surface area contributed by atoms with Crippen LogP contribution in [-0.2, 0) is 10.0 Å². The Balaban J connectivity index is 1.56. The molecule has 2 aromatic carbocycles. The van der Waals surface area contributed by atoms with Crippen LogP contribution < -0.4 is 4.74 Å². The number of benzene rings is 2. The van der Waals surface area contributed by atoms with E-state index in [-0.39, 0.29) is 5.75 Å². The Kier molecular flexibility index (Phi) is 4.30. The van der Waals surface area contributed by atoms with Gasteiger partial charge in [-0.1, -0.05) is 17.7 Å². The Labute approximate surface area is 156 Å². The Morgan fingerprint density at radius 2 is 1.65 bits per heavy atom. The highest BCUT2D eigenvalue weighted by Crippen LogP contribution is 2.29. The van der Waals surface area contributed by atoms with Gasteiger partial charge in [0.1, 0.15) is 17.3 Å². The summed E-state index contributed by atoms with van der Waals surface area (Å²) >= 11 is 5.88. The highest BCUT2D eigenvalue weighted by Gasteiger charge is 2.27. The maximum Gasteiger partial charge on any atom is 0.256 e. The second kappa shape index (κ2) is 6.63. The molecule has 0 amide bonds. The minimum Gasteiger partial charge on any atom is -0.457 e. The molecular formula is C19H15ClN2O3S. The summed E-state index contributed by atoms with van der Waals surface area (Å²) in [6, 6.07) is 14.8. The number of hydrogen-bond acceptors (Lipinski definition) is 4. The van der Waals surface area contributed by atoms with E-state index in [9.17, 15) is 8.42 Å². The van der Waals surface area contributed by atoms with Crippen LogP contribution in [0.15, 0.2) is 71.2 Å². The summed E-state index contributed by atoms with van der Waals surface area (Å²) in [5.74, 6) is 1.88. The minimum atomic E-state index is -3.36. The monoisotopic (exact) mass is 386 g/mol. The predicted octanol–water partition coefficient (Wildman–Crippen LogP) is 4.09. The molecular weight excluding hydrogens is 372 g/mol. The van der Waals surface area contributed by atoms with Crippen LogP contribution in [0.2, 0.25) is 5.02 Å². The first-order chi connectivity index (χ1) is 12.5. The number of allylic oxidation sites excluding steroid dienone is 2. The lowest BCUT2D eigenvalue weighted by Crippen LogP contribution is -2.38. The van der Waals surface area contributed by atoms with Gasteiger partial charge in [-0.05, 0) is 66.2 Å². The highest BCUT2D eigenvalue weighted by molar-refractivity contribution is 7.90. The van der Waals surface area contributed by atoms with Gasteiger partial charge in [0, 0.05) is 17.3 Å². The summed E-state index contributed by atoms with van der Waals surface area (Å²) in [6.45, 7) is 0.389. The predicted molar refractivity (Wildman–Crippen MR) is 103 cm³/mol. The van der Waals surface area contributed by atoms with Gasteiger partial charge in [-0.2, -0.15) is 0 Å². The molecule has 0 spiro atoms. The fourth-order valence-electron chi connectivity index (χ4n) is 2.82. The fourth-order valence-corrected chi connectivity index (χ4v) is 3.90. The van der Waals surface area contributed by atoms with Gasteiger partial charge in [-0.25, -0.2) is 8.42 Å². The van der Waals surface area contributed by atoms with E-state index in [0.717, 1.165) is 11.3 Å². The average Bonchev–Trinajstić information content (AvgIpc) is 2.63. The summed E-state index contributed by atoms with van der Waals surface area (Å²) in [5, 5.41) is 0.658. The molecule has 2 aliphatic rings. The van der Waals surface area contributed by atoms with E-state index >= 15 is 0 Å². The molecule has 0 saturated heterocycles. The average molecular weight is 387 g/mol. The van der Waals surface area contributed by atoms with Crippen molar-refractivity contribution in [3.05, 3.63) is 77.3 Å². The molecule has 4 rings (SSSR count). The van der Waals surface area contributed by atoms with Gasteiger partial charge in [0.25, 0.3) is 10.0 Å². The van der Waals surface area contributed by atoms with E-state index in [0.29, 0.717) is 28.9 Å². The Morgan fingerprint density at radius 1 is 1.00 bits per heavy atom. The molecule has 0 saturated carbocycles. The van der Waals surface area contributed by atoms with Gasteiger partial charge in [0.2, 0.25) is 0 Å². The first-order valence-electron chi connectivity index (χ1n) is 8.03. The number of hydrogen-bond donors (Lipinski definition) is 0. The number of amidine groups is 1. The standard InChI is InChI=1S/C19H15ClN2O3S/c20-15-6-10-17(11-7-15)25-16-8-4-14(5-9-16)18-2-1-3-19-21-26(23,24)13-12-22(18)19/h1-11H,12-13H2. The van der Waals surface area contributed by atoms with Gasteiger partial charge >= 0.3 is 0 Å². The molecule has 0 aromatic heterocycles. The topological polar surface area (TPSA) is 59.0 Å². The van der Waals surface area contributed by atoms with Crippen molar-refractivity contribution >= 4 is 33.2 Å².